The van der Waals surface area contributed by atoms with E-state index in [0.717, 1.165) is 0 Å². The number of rotatable bonds is 6. The molecule has 8 nitrogen and oxygen atoms in total. The summed E-state index contributed by atoms with van der Waals surface area (Å²) in [6, 6.07) is 14.7. The predicted molar refractivity (Wildman–Crippen MR) is 122 cm³/mol. The molecule has 2 amide bonds. The quantitative estimate of drug-likeness (QED) is 0.368. The van der Waals surface area contributed by atoms with Gasteiger partial charge < -0.3 is 15.0 Å². The lowest BCUT2D eigenvalue weighted by Crippen LogP contribution is -2.22. The molecule has 0 aromatic heterocycles. The van der Waals surface area contributed by atoms with Crippen molar-refractivity contribution in [2.45, 2.75) is 0 Å². The van der Waals surface area contributed by atoms with E-state index in [0.29, 0.717) is 17.0 Å². The standard InChI is InChI=1S/C22H17Cl2N3O5/c1-26(2)22(29)17-12-15(6-9-18(17)24)25-21(28)13-3-7-16(8-4-13)32-20-10-5-14(23)11-19(20)27(30)31/h3-12H,1-2H3,(H,25,28). The molecule has 1 N–H and O–H groups in total. The van der Waals surface area contributed by atoms with Crippen LogP contribution in [0.1, 0.15) is 20.7 Å². The highest BCUT2D eigenvalue weighted by Gasteiger charge is 2.17. The smallest absolute Gasteiger partial charge is 0.313 e. The van der Waals surface area contributed by atoms with Crippen molar-refractivity contribution in [2.75, 3.05) is 19.4 Å². The van der Waals surface area contributed by atoms with Crippen molar-refractivity contribution < 1.29 is 19.2 Å². The van der Waals surface area contributed by atoms with E-state index in [9.17, 15) is 19.7 Å². The molecule has 0 aliphatic heterocycles. The Morgan fingerprint density at radius 1 is 1.00 bits per heavy atom. The number of halogens is 2. The first-order valence-electron chi connectivity index (χ1n) is 9.20. The molecule has 0 spiro atoms. The SMILES string of the molecule is CN(C)C(=O)c1cc(NC(=O)c2ccc(Oc3ccc(Cl)cc3[N+](=O)[O-])cc2)ccc1Cl. The van der Waals surface area contributed by atoms with Crippen LogP contribution in [0, 0.1) is 10.1 Å². The van der Waals surface area contributed by atoms with Gasteiger partial charge in [0.1, 0.15) is 5.75 Å². The van der Waals surface area contributed by atoms with E-state index in [1.165, 1.54) is 59.5 Å². The van der Waals surface area contributed by atoms with Gasteiger partial charge in [0.2, 0.25) is 5.75 Å². The lowest BCUT2D eigenvalue weighted by molar-refractivity contribution is -0.385. The molecule has 0 unspecified atom stereocenters. The number of anilines is 1. The van der Waals surface area contributed by atoms with Crippen molar-refractivity contribution in [3.05, 3.63) is 92.0 Å². The molecule has 3 aromatic rings. The van der Waals surface area contributed by atoms with Crippen molar-refractivity contribution in [1.29, 1.82) is 0 Å². The molecule has 164 valence electrons. The summed E-state index contributed by atoms with van der Waals surface area (Å²) >= 11 is 11.9. The van der Waals surface area contributed by atoms with E-state index < -0.39 is 10.8 Å². The Balaban J connectivity index is 1.75. The Kier molecular flexibility index (Phi) is 6.97. The zero-order valence-corrected chi connectivity index (χ0v) is 18.5. The van der Waals surface area contributed by atoms with Gasteiger partial charge in [0.15, 0.2) is 0 Å². The summed E-state index contributed by atoms with van der Waals surface area (Å²) in [5, 5.41) is 14.4. The second-order valence-electron chi connectivity index (χ2n) is 6.84. The highest BCUT2D eigenvalue weighted by Crippen LogP contribution is 2.33. The Hall–Kier alpha value is -3.62. The zero-order valence-electron chi connectivity index (χ0n) is 17.0. The monoisotopic (exact) mass is 473 g/mol. The molecule has 0 radical (unpaired) electrons. The maximum Gasteiger partial charge on any atom is 0.313 e. The Morgan fingerprint density at radius 2 is 1.69 bits per heavy atom. The lowest BCUT2D eigenvalue weighted by Gasteiger charge is -2.13. The van der Waals surface area contributed by atoms with E-state index in [1.807, 2.05) is 0 Å². The van der Waals surface area contributed by atoms with Crippen molar-refractivity contribution in [3.63, 3.8) is 0 Å². The van der Waals surface area contributed by atoms with Crippen LogP contribution in [0.5, 0.6) is 11.5 Å². The summed E-state index contributed by atoms with van der Waals surface area (Å²) in [6.45, 7) is 0. The van der Waals surface area contributed by atoms with Crippen LogP contribution in [0.4, 0.5) is 11.4 Å². The summed E-state index contributed by atoms with van der Waals surface area (Å²) in [5.41, 5.74) is 0.716. The van der Waals surface area contributed by atoms with Crippen LogP contribution in [0.3, 0.4) is 0 Å². The zero-order chi connectivity index (χ0) is 23.4. The lowest BCUT2D eigenvalue weighted by atomic mass is 10.1. The molecule has 10 heteroatoms. The van der Waals surface area contributed by atoms with Gasteiger partial charge in [-0.3, -0.25) is 19.7 Å². The number of hydrogen-bond acceptors (Lipinski definition) is 5. The fourth-order valence-electron chi connectivity index (χ4n) is 2.73. The van der Waals surface area contributed by atoms with Crippen LogP contribution in [-0.4, -0.2) is 35.7 Å². The van der Waals surface area contributed by atoms with E-state index in [4.69, 9.17) is 27.9 Å². The third kappa shape index (κ3) is 5.35. The molecule has 0 saturated heterocycles. The summed E-state index contributed by atoms with van der Waals surface area (Å²) in [6.07, 6.45) is 0. The van der Waals surface area contributed by atoms with Gasteiger partial charge in [0.05, 0.1) is 15.5 Å². The van der Waals surface area contributed by atoms with Gasteiger partial charge in [0.25, 0.3) is 11.8 Å². The molecule has 0 saturated carbocycles. The number of nitro benzene ring substituents is 1. The minimum absolute atomic E-state index is 0.0239. The number of nitrogens with one attached hydrogen (secondary N) is 1. The molecule has 0 atom stereocenters. The van der Waals surface area contributed by atoms with Crippen molar-refractivity contribution >= 4 is 46.4 Å². The van der Waals surface area contributed by atoms with Crippen LogP contribution < -0.4 is 10.1 Å². The fraction of sp³-hybridized carbons (Fsp3) is 0.0909. The maximum atomic E-state index is 12.6. The number of carbonyl (C=O) groups is 2. The maximum absolute atomic E-state index is 12.6. The van der Waals surface area contributed by atoms with Crippen molar-refractivity contribution in [3.8, 4) is 11.5 Å². The molecule has 0 bridgehead atoms. The number of amides is 2. The van der Waals surface area contributed by atoms with Gasteiger partial charge in [-0.1, -0.05) is 23.2 Å². The second-order valence-corrected chi connectivity index (χ2v) is 7.69. The molecule has 3 rings (SSSR count). The predicted octanol–water partition coefficient (Wildman–Crippen LogP) is 5.65. The first-order chi connectivity index (χ1) is 15.2. The number of ether oxygens (including phenoxy) is 1. The first-order valence-corrected chi connectivity index (χ1v) is 9.95. The van der Waals surface area contributed by atoms with E-state index >= 15 is 0 Å². The van der Waals surface area contributed by atoms with Crippen LogP contribution in [0.15, 0.2) is 60.7 Å². The van der Waals surface area contributed by atoms with Gasteiger partial charge in [-0.15, -0.1) is 0 Å². The summed E-state index contributed by atoms with van der Waals surface area (Å²) in [5.74, 6) is -0.378. The molecule has 0 fully saturated rings. The highest BCUT2D eigenvalue weighted by molar-refractivity contribution is 6.34. The number of benzene rings is 3. The first kappa shape index (κ1) is 23.1. The molecular weight excluding hydrogens is 457 g/mol. The summed E-state index contributed by atoms with van der Waals surface area (Å²) < 4.78 is 5.57. The van der Waals surface area contributed by atoms with Crippen molar-refractivity contribution in [1.82, 2.24) is 4.90 Å². The van der Waals surface area contributed by atoms with Crippen LogP contribution >= 0.6 is 23.2 Å². The second kappa shape index (κ2) is 9.67. The van der Waals surface area contributed by atoms with E-state index in [2.05, 4.69) is 5.32 Å². The Bertz CT molecular complexity index is 1200. The topological polar surface area (TPSA) is 102 Å². The third-order valence-corrected chi connectivity index (χ3v) is 4.89. The van der Waals surface area contributed by atoms with Crippen LogP contribution in [0.25, 0.3) is 0 Å². The summed E-state index contributed by atoms with van der Waals surface area (Å²) in [7, 11) is 3.21. The number of nitro groups is 1. The molecule has 0 aliphatic carbocycles. The normalized spacial score (nSPS) is 10.4. The van der Waals surface area contributed by atoms with Gasteiger partial charge >= 0.3 is 5.69 Å². The Labute approximate surface area is 193 Å². The number of hydrogen-bond donors (Lipinski definition) is 1. The molecule has 0 heterocycles. The Morgan fingerprint density at radius 3 is 2.31 bits per heavy atom. The van der Waals surface area contributed by atoms with E-state index in [-0.39, 0.29) is 33.0 Å². The number of carbonyl (C=O) groups excluding carboxylic acids is 2. The van der Waals surface area contributed by atoms with Crippen LogP contribution in [0.2, 0.25) is 10.0 Å². The van der Waals surface area contributed by atoms with Gasteiger partial charge in [0, 0.05) is 36.4 Å². The van der Waals surface area contributed by atoms with Gasteiger partial charge in [-0.25, -0.2) is 0 Å². The number of nitrogens with zero attached hydrogens (tertiary/aromatic N) is 2. The molecule has 3 aromatic carbocycles. The average Bonchev–Trinajstić information content (AvgIpc) is 2.76. The average molecular weight is 474 g/mol. The van der Waals surface area contributed by atoms with Gasteiger partial charge in [-0.05, 0) is 54.6 Å². The fourth-order valence-corrected chi connectivity index (χ4v) is 3.10. The van der Waals surface area contributed by atoms with Crippen molar-refractivity contribution in [2.24, 2.45) is 0 Å². The summed E-state index contributed by atoms with van der Waals surface area (Å²) in [4.78, 5) is 36.8. The minimum atomic E-state index is -0.593. The minimum Gasteiger partial charge on any atom is -0.450 e. The largest absolute Gasteiger partial charge is 0.450 e. The van der Waals surface area contributed by atoms with Crippen LogP contribution in [-0.2, 0) is 0 Å². The molecule has 32 heavy (non-hydrogen) atoms. The molecular formula is C22H17Cl2N3O5. The highest BCUT2D eigenvalue weighted by atomic mass is 35.5. The van der Waals surface area contributed by atoms with Gasteiger partial charge in [-0.2, -0.15) is 0 Å². The third-order valence-electron chi connectivity index (χ3n) is 4.32. The molecule has 0 aliphatic rings. The van der Waals surface area contributed by atoms with E-state index in [1.54, 1.807) is 20.2 Å².